The molecule has 116 valence electrons. The van der Waals surface area contributed by atoms with Gasteiger partial charge in [0, 0.05) is 25.0 Å². The highest BCUT2D eigenvalue weighted by molar-refractivity contribution is 5.76. The van der Waals surface area contributed by atoms with Crippen LogP contribution in [-0.4, -0.2) is 29.4 Å². The number of hydrogen-bond acceptors (Lipinski definition) is 2. The van der Waals surface area contributed by atoms with Crippen molar-refractivity contribution in [2.45, 2.75) is 64.5 Å². The van der Waals surface area contributed by atoms with E-state index in [0.29, 0.717) is 24.4 Å². The fourth-order valence-corrected chi connectivity index (χ4v) is 3.33. The molecule has 3 nitrogen and oxygen atoms in total. The molecule has 0 spiro atoms. The van der Waals surface area contributed by atoms with Crippen molar-refractivity contribution in [2.75, 3.05) is 6.54 Å². The highest BCUT2D eigenvalue weighted by Crippen LogP contribution is 2.23. The summed E-state index contributed by atoms with van der Waals surface area (Å²) in [5.74, 6) is 0.293. The predicted molar refractivity (Wildman–Crippen MR) is 87.1 cm³/mol. The topological polar surface area (TPSA) is 46.3 Å². The van der Waals surface area contributed by atoms with E-state index >= 15 is 0 Å². The molecule has 1 fully saturated rings. The van der Waals surface area contributed by atoms with Gasteiger partial charge in [-0.1, -0.05) is 24.3 Å². The zero-order valence-electron chi connectivity index (χ0n) is 13.3. The van der Waals surface area contributed by atoms with Gasteiger partial charge in [0.25, 0.3) is 0 Å². The fourth-order valence-electron chi connectivity index (χ4n) is 3.33. The van der Waals surface area contributed by atoms with Gasteiger partial charge in [0.05, 0.1) is 0 Å². The van der Waals surface area contributed by atoms with Crippen LogP contribution in [0.15, 0.2) is 24.3 Å². The Hall–Kier alpha value is -1.35. The molecule has 0 radical (unpaired) electrons. The maximum Gasteiger partial charge on any atom is 0.223 e. The van der Waals surface area contributed by atoms with Crippen molar-refractivity contribution >= 4 is 5.91 Å². The maximum atomic E-state index is 12.5. The monoisotopic (exact) mass is 288 g/mol. The van der Waals surface area contributed by atoms with E-state index in [2.05, 4.69) is 30.9 Å². The second-order valence-electron chi connectivity index (χ2n) is 6.17. The largest absolute Gasteiger partial charge is 0.340 e. The van der Waals surface area contributed by atoms with Gasteiger partial charge in [-0.25, -0.2) is 0 Å². The average molecular weight is 288 g/mol. The Labute approximate surface area is 128 Å². The van der Waals surface area contributed by atoms with Crippen molar-refractivity contribution in [3.63, 3.8) is 0 Å². The second kappa shape index (κ2) is 7.60. The molecule has 1 amide bonds. The van der Waals surface area contributed by atoms with Gasteiger partial charge >= 0.3 is 0 Å². The lowest BCUT2D eigenvalue weighted by atomic mass is 9.90. The van der Waals surface area contributed by atoms with Crippen LogP contribution in [0.25, 0.3) is 0 Å². The lowest BCUT2D eigenvalue weighted by Gasteiger charge is -2.35. The van der Waals surface area contributed by atoms with E-state index in [-0.39, 0.29) is 0 Å². The van der Waals surface area contributed by atoms with Gasteiger partial charge in [0.2, 0.25) is 5.91 Å². The van der Waals surface area contributed by atoms with Crippen LogP contribution in [0.5, 0.6) is 0 Å². The Bertz CT molecular complexity index is 464. The fraction of sp³-hybridized carbons (Fsp3) is 0.611. The second-order valence-corrected chi connectivity index (χ2v) is 6.17. The van der Waals surface area contributed by atoms with Crippen LogP contribution in [0, 0.1) is 6.92 Å². The molecule has 3 heteroatoms. The Balaban J connectivity index is 1.90. The van der Waals surface area contributed by atoms with Crippen molar-refractivity contribution in [3.05, 3.63) is 35.4 Å². The standard InChI is InChI=1S/C18H28N2O/c1-3-20(17-11-9-16(19)10-12-17)18(21)13-8-15-7-5-4-6-14(15)2/h4-7,16-17H,3,8-13,19H2,1-2H3. The van der Waals surface area contributed by atoms with Crippen molar-refractivity contribution in [1.82, 2.24) is 4.90 Å². The lowest BCUT2D eigenvalue weighted by Crippen LogP contribution is -2.44. The molecule has 0 aromatic heterocycles. The lowest BCUT2D eigenvalue weighted by molar-refractivity contribution is -0.134. The molecule has 0 unspecified atom stereocenters. The Kier molecular flexibility index (Phi) is 5.80. The summed E-state index contributed by atoms with van der Waals surface area (Å²) in [6.07, 6.45) is 5.67. The molecule has 21 heavy (non-hydrogen) atoms. The molecule has 0 atom stereocenters. The summed E-state index contributed by atoms with van der Waals surface area (Å²) in [5, 5.41) is 0. The first-order valence-corrected chi connectivity index (χ1v) is 8.21. The quantitative estimate of drug-likeness (QED) is 0.905. The van der Waals surface area contributed by atoms with Crippen LogP contribution in [-0.2, 0) is 11.2 Å². The number of nitrogens with two attached hydrogens (primary N) is 1. The van der Waals surface area contributed by atoms with E-state index in [1.165, 1.54) is 11.1 Å². The Morgan fingerprint density at radius 1 is 1.24 bits per heavy atom. The molecule has 2 N–H and O–H groups in total. The van der Waals surface area contributed by atoms with Gasteiger partial charge in [0.1, 0.15) is 0 Å². The molecule has 0 aliphatic heterocycles. The molecular formula is C18H28N2O. The summed E-state index contributed by atoms with van der Waals surface area (Å²) in [6, 6.07) is 9.07. The minimum Gasteiger partial charge on any atom is -0.340 e. The summed E-state index contributed by atoms with van der Waals surface area (Å²) in [4.78, 5) is 14.6. The minimum absolute atomic E-state index is 0.293. The molecular weight excluding hydrogens is 260 g/mol. The number of hydrogen-bond donors (Lipinski definition) is 1. The maximum absolute atomic E-state index is 12.5. The van der Waals surface area contributed by atoms with Gasteiger partial charge in [0.15, 0.2) is 0 Å². The van der Waals surface area contributed by atoms with Crippen molar-refractivity contribution < 1.29 is 4.79 Å². The summed E-state index contributed by atoms with van der Waals surface area (Å²) in [6.45, 7) is 5.01. The van der Waals surface area contributed by atoms with Gasteiger partial charge in [-0.15, -0.1) is 0 Å². The van der Waals surface area contributed by atoms with Crippen molar-refractivity contribution in [3.8, 4) is 0 Å². The molecule has 1 aliphatic carbocycles. The molecule has 2 rings (SSSR count). The highest BCUT2D eigenvalue weighted by atomic mass is 16.2. The summed E-state index contributed by atoms with van der Waals surface area (Å²) >= 11 is 0. The van der Waals surface area contributed by atoms with Crippen LogP contribution >= 0.6 is 0 Å². The molecule has 0 bridgehead atoms. The third-order valence-corrected chi connectivity index (χ3v) is 4.71. The average Bonchev–Trinajstić information content (AvgIpc) is 2.49. The van der Waals surface area contributed by atoms with Gasteiger partial charge in [-0.05, 0) is 57.1 Å². The number of amides is 1. The van der Waals surface area contributed by atoms with E-state index < -0.39 is 0 Å². The van der Waals surface area contributed by atoms with Crippen LogP contribution in [0.1, 0.15) is 50.2 Å². The number of aryl methyl sites for hydroxylation is 2. The first-order chi connectivity index (χ1) is 10.1. The van der Waals surface area contributed by atoms with Crippen LogP contribution in [0.3, 0.4) is 0 Å². The van der Waals surface area contributed by atoms with Gasteiger partial charge in [-0.2, -0.15) is 0 Å². The summed E-state index contributed by atoms with van der Waals surface area (Å²) in [5.41, 5.74) is 8.52. The zero-order chi connectivity index (χ0) is 15.2. The van der Waals surface area contributed by atoms with Crippen LogP contribution in [0.4, 0.5) is 0 Å². The molecule has 1 saturated carbocycles. The summed E-state index contributed by atoms with van der Waals surface area (Å²) in [7, 11) is 0. The normalized spacial score (nSPS) is 22.0. The number of carbonyl (C=O) groups excluding carboxylic acids is 1. The Morgan fingerprint density at radius 2 is 1.90 bits per heavy atom. The highest BCUT2D eigenvalue weighted by Gasteiger charge is 2.26. The van der Waals surface area contributed by atoms with Gasteiger partial charge < -0.3 is 10.6 Å². The van der Waals surface area contributed by atoms with E-state index in [1.54, 1.807) is 0 Å². The Morgan fingerprint density at radius 3 is 2.52 bits per heavy atom. The number of carbonyl (C=O) groups is 1. The minimum atomic E-state index is 0.293. The first kappa shape index (κ1) is 16.0. The van der Waals surface area contributed by atoms with E-state index in [9.17, 15) is 4.79 Å². The van der Waals surface area contributed by atoms with E-state index in [0.717, 1.165) is 38.6 Å². The third kappa shape index (κ3) is 4.31. The summed E-state index contributed by atoms with van der Waals surface area (Å²) < 4.78 is 0. The molecule has 0 heterocycles. The number of nitrogens with zero attached hydrogens (tertiary/aromatic N) is 1. The predicted octanol–water partition coefficient (Wildman–Crippen LogP) is 3.05. The van der Waals surface area contributed by atoms with E-state index in [1.807, 2.05) is 12.1 Å². The van der Waals surface area contributed by atoms with Crippen LogP contribution in [0.2, 0.25) is 0 Å². The van der Waals surface area contributed by atoms with E-state index in [4.69, 9.17) is 5.73 Å². The SMILES string of the molecule is CCN(C(=O)CCc1ccccc1C)C1CCC(N)CC1. The van der Waals surface area contributed by atoms with Crippen molar-refractivity contribution in [2.24, 2.45) is 5.73 Å². The third-order valence-electron chi connectivity index (χ3n) is 4.71. The molecule has 1 aromatic rings. The van der Waals surface area contributed by atoms with Crippen molar-refractivity contribution in [1.29, 1.82) is 0 Å². The number of benzene rings is 1. The molecule has 0 saturated heterocycles. The molecule has 1 aromatic carbocycles. The van der Waals surface area contributed by atoms with Gasteiger partial charge in [-0.3, -0.25) is 4.79 Å². The zero-order valence-corrected chi connectivity index (χ0v) is 13.3. The molecule has 1 aliphatic rings. The smallest absolute Gasteiger partial charge is 0.223 e. The number of rotatable bonds is 5. The first-order valence-electron chi connectivity index (χ1n) is 8.21. The van der Waals surface area contributed by atoms with Crippen LogP contribution < -0.4 is 5.73 Å².